The maximum Gasteiger partial charge on any atom is 0.412 e. The topological polar surface area (TPSA) is 113 Å². The summed E-state index contributed by atoms with van der Waals surface area (Å²) in [5.41, 5.74) is 3.28. The Morgan fingerprint density at radius 1 is 1.15 bits per heavy atom. The lowest BCUT2D eigenvalue weighted by molar-refractivity contribution is -0.142. The monoisotopic (exact) mass is 575 g/mol. The van der Waals surface area contributed by atoms with Crippen molar-refractivity contribution in [2.75, 3.05) is 38.2 Å². The molecule has 1 aromatic heterocycles. The number of nitrogens with one attached hydrogen (secondary N) is 2. The van der Waals surface area contributed by atoms with E-state index >= 15 is 0 Å². The van der Waals surface area contributed by atoms with Crippen molar-refractivity contribution in [3.05, 3.63) is 70.9 Å². The lowest BCUT2D eigenvalue weighted by Gasteiger charge is -2.33. The zero-order valence-corrected chi connectivity index (χ0v) is 22.4. The van der Waals surface area contributed by atoms with Gasteiger partial charge in [-0.25, -0.2) is 24.0 Å². The van der Waals surface area contributed by atoms with E-state index in [9.17, 15) is 23.2 Å². The predicted molar refractivity (Wildman–Crippen MR) is 143 cm³/mol. The average molecular weight is 576 g/mol. The van der Waals surface area contributed by atoms with E-state index in [2.05, 4.69) is 15.7 Å². The van der Waals surface area contributed by atoms with Gasteiger partial charge in [0, 0.05) is 38.1 Å². The predicted octanol–water partition coefficient (Wildman–Crippen LogP) is 3.89. The molecule has 1 fully saturated rings. The first-order chi connectivity index (χ1) is 19.2. The molecule has 3 amide bonds. The van der Waals surface area contributed by atoms with E-state index in [0.29, 0.717) is 42.6 Å². The largest absolute Gasteiger partial charge is 0.447 e. The van der Waals surface area contributed by atoms with Gasteiger partial charge in [-0.15, -0.1) is 0 Å². The highest BCUT2D eigenvalue weighted by Crippen LogP contribution is 2.21. The van der Waals surface area contributed by atoms with Crippen molar-refractivity contribution in [3.8, 4) is 0 Å². The number of hydrogen-bond donors (Lipinski definition) is 2. The zero-order valence-electron chi connectivity index (χ0n) is 21.7. The van der Waals surface area contributed by atoms with Crippen LogP contribution in [0.1, 0.15) is 18.9 Å². The van der Waals surface area contributed by atoms with Crippen molar-refractivity contribution >= 4 is 46.1 Å². The summed E-state index contributed by atoms with van der Waals surface area (Å²) in [6, 6.07) is 9.05. The zero-order chi connectivity index (χ0) is 28.6. The molecule has 13 heteroatoms. The highest BCUT2D eigenvalue weighted by atomic mass is 35.5. The molecule has 40 heavy (non-hydrogen) atoms. The molecular formula is C27H28ClF2N5O5. The number of ether oxygens (including phenoxy) is 2. The maximum atomic E-state index is 13.9. The van der Waals surface area contributed by atoms with Crippen LogP contribution in [-0.4, -0.2) is 71.8 Å². The first kappa shape index (κ1) is 29.1. The third kappa shape index (κ3) is 7.62. The van der Waals surface area contributed by atoms with Gasteiger partial charge in [-0.1, -0.05) is 23.7 Å². The Morgan fingerprint density at radius 2 is 1.93 bits per heavy atom. The van der Waals surface area contributed by atoms with E-state index in [1.54, 1.807) is 17.0 Å². The van der Waals surface area contributed by atoms with Gasteiger partial charge >= 0.3 is 6.09 Å². The summed E-state index contributed by atoms with van der Waals surface area (Å²) in [4.78, 5) is 44.0. The summed E-state index contributed by atoms with van der Waals surface area (Å²) in [6.07, 6.45) is 0.431. The second-order valence-corrected chi connectivity index (χ2v) is 9.45. The highest BCUT2D eigenvalue weighted by Gasteiger charge is 2.29. The molecule has 2 heterocycles. The molecule has 2 aromatic carbocycles. The van der Waals surface area contributed by atoms with E-state index in [4.69, 9.17) is 21.1 Å². The second kappa shape index (κ2) is 13.5. The number of halogens is 3. The molecule has 4 rings (SSSR count). The normalized spacial score (nSPS) is 14.1. The van der Waals surface area contributed by atoms with Gasteiger partial charge in [0.1, 0.15) is 24.1 Å². The molecule has 0 radical (unpaired) electrons. The van der Waals surface area contributed by atoms with Crippen molar-refractivity contribution in [1.82, 2.24) is 20.3 Å². The van der Waals surface area contributed by atoms with Gasteiger partial charge in [0.05, 0.1) is 30.7 Å². The number of hydrogen-bond acceptors (Lipinski definition) is 7. The number of morpholine rings is 1. The Morgan fingerprint density at radius 3 is 2.67 bits per heavy atom. The van der Waals surface area contributed by atoms with Crippen LogP contribution in [0.3, 0.4) is 0 Å². The third-order valence-corrected chi connectivity index (χ3v) is 6.69. The van der Waals surface area contributed by atoms with E-state index in [1.807, 2.05) is 0 Å². The Hall–Kier alpha value is -3.87. The van der Waals surface area contributed by atoms with Crippen LogP contribution in [0.25, 0.3) is 10.8 Å². The van der Waals surface area contributed by atoms with E-state index in [0.717, 1.165) is 0 Å². The molecule has 0 unspecified atom stereocenters. The first-order valence-electron chi connectivity index (χ1n) is 12.5. The van der Waals surface area contributed by atoms with Crippen LogP contribution >= 0.6 is 11.6 Å². The summed E-state index contributed by atoms with van der Waals surface area (Å²) in [7, 11) is 0. The molecule has 10 nitrogen and oxygen atoms in total. The second-order valence-electron chi connectivity index (χ2n) is 9.07. The van der Waals surface area contributed by atoms with Crippen molar-refractivity contribution in [2.45, 2.75) is 25.9 Å². The minimum atomic E-state index is -0.912. The van der Waals surface area contributed by atoms with Crippen LogP contribution in [0.2, 0.25) is 5.02 Å². The van der Waals surface area contributed by atoms with Gasteiger partial charge in [0.25, 0.3) is 0 Å². The lowest BCUT2D eigenvalue weighted by atomic mass is 10.1. The summed E-state index contributed by atoms with van der Waals surface area (Å²) in [6.45, 7) is 2.48. The minimum Gasteiger partial charge on any atom is -0.447 e. The number of fused-ring (bicyclic) bond motifs is 1. The average Bonchev–Trinajstić information content (AvgIpc) is 2.93. The summed E-state index contributed by atoms with van der Waals surface area (Å²) >= 11 is 6.05. The lowest BCUT2D eigenvalue weighted by Crippen LogP contribution is -2.53. The summed E-state index contributed by atoms with van der Waals surface area (Å²) in [5, 5.41) is 4.76. The number of nitrogens with zero attached hydrogens (tertiary/aromatic N) is 3. The van der Waals surface area contributed by atoms with Gasteiger partial charge in [0.2, 0.25) is 11.8 Å². The van der Waals surface area contributed by atoms with E-state index < -0.39 is 29.7 Å². The molecule has 212 valence electrons. The third-order valence-electron chi connectivity index (χ3n) is 6.27. The van der Waals surface area contributed by atoms with Crippen LogP contribution in [-0.2, 0) is 25.6 Å². The Labute approximate surface area is 234 Å². The molecule has 0 saturated carbocycles. The molecule has 0 aliphatic carbocycles. The van der Waals surface area contributed by atoms with Crippen LogP contribution in [0.15, 0.2) is 48.7 Å². The number of rotatable bonds is 9. The smallest absolute Gasteiger partial charge is 0.412 e. The number of amides is 3. The SMILES string of the molecule is CC(=O)N(NCc1cccc(F)c1Cl)[C@H](COC(=O)Nc1cc2cc(F)ccc2cn1)CC(=O)N1CCOCC1. The van der Waals surface area contributed by atoms with Gasteiger partial charge in [-0.05, 0) is 41.3 Å². The fraction of sp³-hybridized carbons (Fsp3) is 0.333. The summed E-state index contributed by atoms with van der Waals surface area (Å²) < 4.78 is 38.2. The minimum absolute atomic E-state index is 0.0256. The van der Waals surface area contributed by atoms with Crippen LogP contribution in [0, 0.1) is 11.6 Å². The van der Waals surface area contributed by atoms with Crippen molar-refractivity contribution in [3.63, 3.8) is 0 Å². The summed E-state index contributed by atoms with van der Waals surface area (Å²) in [5.74, 6) is -1.64. The number of benzene rings is 2. The van der Waals surface area contributed by atoms with Gasteiger partial charge in [-0.2, -0.15) is 0 Å². The molecule has 1 aliphatic rings. The van der Waals surface area contributed by atoms with Gasteiger partial charge in [-0.3, -0.25) is 19.9 Å². The fourth-order valence-electron chi connectivity index (χ4n) is 4.21. The molecule has 3 aromatic rings. The molecule has 0 bridgehead atoms. The number of aromatic nitrogens is 1. The number of hydrazine groups is 1. The number of pyridine rings is 1. The van der Waals surface area contributed by atoms with Crippen LogP contribution < -0.4 is 10.7 Å². The Bertz CT molecular complexity index is 1390. The van der Waals surface area contributed by atoms with Crippen molar-refractivity contribution in [2.24, 2.45) is 0 Å². The molecule has 1 saturated heterocycles. The number of carbonyl (C=O) groups excluding carboxylic acids is 3. The van der Waals surface area contributed by atoms with Crippen molar-refractivity contribution < 1.29 is 32.6 Å². The Balaban J connectivity index is 1.46. The number of anilines is 1. The fourth-order valence-corrected chi connectivity index (χ4v) is 4.41. The molecule has 1 atom stereocenters. The van der Waals surface area contributed by atoms with Crippen LogP contribution in [0.4, 0.5) is 19.4 Å². The first-order valence-corrected chi connectivity index (χ1v) is 12.9. The molecule has 1 aliphatic heterocycles. The van der Waals surface area contributed by atoms with E-state index in [1.165, 1.54) is 48.5 Å². The highest BCUT2D eigenvalue weighted by molar-refractivity contribution is 6.31. The van der Waals surface area contributed by atoms with Gasteiger partial charge in [0.15, 0.2) is 0 Å². The Kier molecular flexibility index (Phi) is 9.80. The molecule has 2 N–H and O–H groups in total. The number of carbonyl (C=O) groups is 3. The van der Waals surface area contributed by atoms with E-state index in [-0.39, 0.29) is 36.3 Å². The molecular weight excluding hydrogens is 548 g/mol. The van der Waals surface area contributed by atoms with Crippen LogP contribution in [0.5, 0.6) is 0 Å². The maximum absolute atomic E-state index is 13.9. The van der Waals surface area contributed by atoms with Crippen molar-refractivity contribution in [1.29, 1.82) is 0 Å². The standard InChI is InChI=1S/C27H28ClF2N5O5/c1-17(36)35(32-15-19-3-2-4-23(30)26(19)28)22(13-25(37)34-7-9-39-10-8-34)16-40-27(38)33-24-12-20-11-21(29)6-5-18(20)14-31-24/h2-6,11-12,14,22,32H,7-10,13,15-16H2,1H3,(H,31,33,38)/t22-/m0/s1. The molecule has 0 spiro atoms. The quantitative estimate of drug-likeness (QED) is 0.372. The van der Waals surface area contributed by atoms with Gasteiger partial charge < -0.3 is 14.4 Å².